The monoisotopic (exact) mass is 423 g/mol. The summed E-state index contributed by atoms with van der Waals surface area (Å²) in [5.41, 5.74) is 0. The largest absolute Gasteiger partial charge is 0.376 e. The van der Waals surface area contributed by atoms with Gasteiger partial charge in [-0.25, -0.2) is 4.99 Å². The Morgan fingerprint density at radius 2 is 2.14 bits per heavy atom. The van der Waals surface area contributed by atoms with Crippen LogP contribution in [0.5, 0.6) is 0 Å². The smallest absolute Gasteiger partial charge is 0.191 e. The number of nitrogens with one attached hydrogen (secondary N) is 2. The van der Waals surface area contributed by atoms with Crippen LogP contribution in [0.15, 0.2) is 17.1 Å². The molecule has 1 unspecified atom stereocenters. The fraction of sp³-hybridized carbons (Fsp3) is 0.667. The van der Waals surface area contributed by atoms with Crippen LogP contribution >= 0.6 is 35.3 Å². The molecule has 0 aromatic carbocycles. The van der Waals surface area contributed by atoms with Crippen LogP contribution in [-0.2, 0) is 17.7 Å². The zero-order chi connectivity index (χ0) is 14.2. The van der Waals surface area contributed by atoms with Gasteiger partial charge in [-0.15, -0.1) is 35.3 Å². The molecule has 0 aliphatic carbocycles. The number of halogens is 1. The Morgan fingerprint density at radius 1 is 1.33 bits per heavy atom. The van der Waals surface area contributed by atoms with Gasteiger partial charge in [0.05, 0.1) is 12.6 Å². The molecule has 2 rings (SSSR count). The Kier molecular flexibility index (Phi) is 9.26. The van der Waals surface area contributed by atoms with Crippen LogP contribution in [0.1, 0.15) is 36.4 Å². The van der Waals surface area contributed by atoms with E-state index in [0.717, 1.165) is 45.0 Å². The van der Waals surface area contributed by atoms with Crippen LogP contribution in [0.25, 0.3) is 0 Å². The summed E-state index contributed by atoms with van der Waals surface area (Å²) in [4.78, 5) is 7.38. The molecule has 0 spiro atoms. The molecule has 1 atom stereocenters. The lowest BCUT2D eigenvalue weighted by molar-refractivity contribution is 0.114. The van der Waals surface area contributed by atoms with Crippen molar-refractivity contribution in [1.29, 1.82) is 0 Å². The Bertz CT molecular complexity index is 430. The molecule has 0 radical (unpaired) electrons. The summed E-state index contributed by atoms with van der Waals surface area (Å²) in [5, 5.41) is 6.66. The van der Waals surface area contributed by atoms with E-state index in [1.54, 1.807) is 0 Å². The normalized spacial score (nSPS) is 18.4. The average molecular weight is 423 g/mol. The summed E-state index contributed by atoms with van der Waals surface area (Å²) < 4.78 is 5.62. The molecule has 1 aliphatic rings. The minimum Gasteiger partial charge on any atom is -0.376 e. The number of ether oxygens (including phenoxy) is 1. The zero-order valence-electron chi connectivity index (χ0n) is 12.9. The molecular formula is C15H26IN3OS. The zero-order valence-corrected chi connectivity index (χ0v) is 16.0. The number of hydrogen-bond donors (Lipinski definition) is 2. The van der Waals surface area contributed by atoms with E-state index in [1.165, 1.54) is 16.2 Å². The molecule has 1 aromatic heterocycles. The SMILES string of the molecule is CCNC(=NCc1ccc(CC)s1)NCC1CCCO1.I. The van der Waals surface area contributed by atoms with Crippen LogP contribution in [0.4, 0.5) is 0 Å². The molecular weight excluding hydrogens is 397 g/mol. The van der Waals surface area contributed by atoms with Crippen LogP contribution in [-0.4, -0.2) is 31.8 Å². The number of hydrogen-bond acceptors (Lipinski definition) is 3. The average Bonchev–Trinajstić information content (AvgIpc) is 3.13. The van der Waals surface area contributed by atoms with Crippen LogP contribution in [0.3, 0.4) is 0 Å². The summed E-state index contributed by atoms with van der Waals surface area (Å²) in [6, 6.07) is 4.37. The van der Waals surface area contributed by atoms with E-state index in [0.29, 0.717) is 6.10 Å². The van der Waals surface area contributed by atoms with E-state index in [1.807, 2.05) is 11.3 Å². The minimum absolute atomic E-state index is 0. The lowest BCUT2D eigenvalue weighted by Crippen LogP contribution is -2.41. The van der Waals surface area contributed by atoms with Gasteiger partial charge in [-0.2, -0.15) is 0 Å². The molecule has 0 bridgehead atoms. The maximum atomic E-state index is 5.62. The van der Waals surface area contributed by atoms with Crippen molar-refractivity contribution in [1.82, 2.24) is 10.6 Å². The Balaban J connectivity index is 0.00000220. The maximum Gasteiger partial charge on any atom is 0.191 e. The first-order chi connectivity index (χ1) is 9.81. The van der Waals surface area contributed by atoms with E-state index in [2.05, 4.69) is 41.6 Å². The van der Waals surface area contributed by atoms with Gasteiger partial charge in [0.15, 0.2) is 5.96 Å². The van der Waals surface area contributed by atoms with Crippen molar-refractivity contribution in [3.63, 3.8) is 0 Å². The highest BCUT2D eigenvalue weighted by molar-refractivity contribution is 14.0. The maximum absolute atomic E-state index is 5.62. The highest BCUT2D eigenvalue weighted by atomic mass is 127. The molecule has 1 aromatic rings. The first kappa shape index (κ1) is 18.7. The van der Waals surface area contributed by atoms with Crippen molar-refractivity contribution < 1.29 is 4.74 Å². The van der Waals surface area contributed by atoms with Crippen molar-refractivity contribution in [2.75, 3.05) is 19.7 Å². The van der Waals surface area contributed by atoms with Gasteiger partial charge < -0.3 is 15.4 Å². The lowest BCUT2D eigenvalue weighted by atomic mass is 10.2. The molecule has 6 heteroatoms. The lowest BCUT2D eigenvalue weighted by Gasteiger charge is -2.14. The van der Waals surface area contributed by atoms with Crippen LogP contribution < -0.4 is 10.6 Å². The quantitative estimate of drug-likeness (QED) is 0.420. The highest BCUT2D eigenvalue weighted by Gasteiger charge is 2.15. The molecule has 0 saturated carbocycles. The van der Waals surface area contributed by atoms with E-state index in [-0.39, 0.29) is 24.0 Å². The number of guanidine groups is 1. The number of thiophene rings is 1. The van der Waals surface area contributed by atoms with Gasteiger partial charge in [-0.1, -0.05) is 6.92 Å². The van der Waals surface area contributed by atoms with Crippen molar-refractivity contribution >= 4 is 41.3 Å². The minimum atomic E-state index is 0. The van der Waals surface area contributed by atoms with E-state index in [4.69, 9.17) is 4.74 Å². The van der Waals surface area contributed by atoms with Gasteiger partial charge >= 0.3 is 0 Å². The van der Waals surface area contributed by atoms with Crippen molar-refractivity contribution in [3.8, 4) is 0 Å². The standard InChI is InChI=1S/C15H25N3OS.HI/c1-3-13-7-8-14(20-13)11-18-15(16-4-2)17-10-12-6-5-9-19-12;/h7-8,12H,3-6,9-11H2,1-2H3,(H2,16,17,18);1H. The topological polar surface area (TPSA) is 45.7 Å². The Labute approximate surface area is 148 Å². The fourth-order valence-corrected chi connectivity index (χ4v) is 3.09. The first-order valence-corrected chi connectivity index (χ1v) is 8.34. The Hall–Kier alpha value is -0.340. The van der Waals surface area contributed by atoms with Crippen molar-refractivity contribution in [2.45, 2.75) is 45.8 Å². The number of nitrogens with zero attached hydrogens (tertiary/aromatic N) is 1. The van der Waals surface area contributed by atoms with E-state index < -0.39 is 0 Å². The van der Waals surface area contributed by atoms with Gasteiger partial charge in [0, 0.05) is 29.5 Å². The van der Waals surface area contributed by atoms with E-state index in [9.17, 15) is 0 Å². The summed E-state index contributed by atoms with van der Waals surface area (Å²) in [5.74, 6) is 0.884. The van der Waals surface area contributed by atoms with Crippen molar-refractivity contribution in [2.24, 2.45) is 4.99 Å². The number of aliphatic imine (C=N–C) groups is 1. The molecule has 2 N–H and O–H groups in total. The highest BCUT2D eigenvalue weighted by Crippen LogP contribution is 2.17. The van der Waals surface area contributed by atoms with Crippen LogP contribution in [0.2, 0.25) is 0 Å². The third-order valence-corrected chi connectivity index (χ3v) is 4.54. The molecule has 1 aliphatic heterocycles. The second-order valence-electron chi connectivity index (χ2n) is 4.93. The molecule has 2 heterocycles. The molecule has 1 saturated heterocycles. The molecule has 4 nitrogen and oxygen atoms in total. The van der Waals surface area contributed by atoms with Crippen molar-refractivity contribution in [3.05, 3.63) is 21.9 Å². The van der Waals surface area contributed by atoms with Gasteiger partial charge in [0.25, 0.3) is 0 Å². The third-order valence-electron chi connectivity index (χ3n) is 3.32. The Morgan fingerprint density at radius 3 is 2.76 bits per heavy atom. The van der Waals surface area contributed by atoms with Gasteiger partial charge in [-0.05, 0) is 38.3 Å². The van der Waals surface area contributed by atoms with E-state index >= 15 is 0 Å². The predicted molar refractivity (Wildman–Crippen MR) is 101 cm³/mol. The molecule has 1 fully saturated rings. The number of rotatable bonds is 6. The number of aryl methyl sites for hydroxylation is 1. The summed E-state index contributed by atoms with van der Waals surface area (Å²) >= 11 is 1.85. The fourth-order valence-electron chi connectivity index (χ4n) is 2.21. The first-order valence-electron chi connectivity index (χ1n) is 7.53. The van der Waals surface area contributed by atoms with Gasteiger partial charge in [0.1, 0.15) is 0 Å². The molecule has 21 heavy (non-hydrogen) atoms. The summed E-state index contributed by atoms with van der Waals surface area (Å²) in [6.45, 7) is 7.63. The second kappa shape index (κ2) is 10.4. The molecule has 120 valence electrons. The predicted octanol–water partition coefficient (Wildman–Crippen LogP) is 3.16. The third kappa shape index (κ3) is 6.52. The summed E-state index contributed by atoms with van der Waals surface area (Å²) in [6.07, 6.45) is 3.77. The molecule has 0 amide bonds. The van der Waals surface area contributed by atoms with Gasteiger partial charge in [-0.3, -0.25) is 0 Å². The summed E-state index contributed by atoms with van der Waals surface area (Å²) in [7, 11) is 0. The van der Waals surface area contributed by atoms with Crippen LogP contribution in [0, 0.1) is 0 Å². The van der Waals surface area contributed by atoms with Gasteiger partial charge in [0.2, 0.25) is 0 Å². The second-order valence-corrected chi connectivity index (χ2v) is 6.19.